The van der Waals surface area contributed by atoms with E-state index in [4.69, 9.17) is 0 Å². The summed E-state index contributed by atoms with van der Waals surface area (Å²) in [6.45, 7) is 0. The summed E-state index contributed by atoms with van der Waals surface area (Å²) in [5.74, 6) is -0.827. The molecule has 9 heteroatoms. The van der Waals surface area contributed by atoms with E-state index in [2.05, 4.69) is 5.32 Å². The van der Waals surface area contributed by atoms with E-state index >= 15 is 0 Å². The Morgan fingerprint density at radius 2 is 1.29 bits per heavy atom. The molecule has 0 atom stereocenters. The van der Waals surface area contributed by atoms with Gasteiger partial charge in [-0.1, -0.05) is 0 Å². The molecule has 0 aliphatic heterocycles. The Labute approximate surface area is 155 Å². The molecule has 0 radical (unpaired) electrons. The Hall–Kier alpha value is -3.23. The monoisotopic (exact) mass is 398 g/mol. The molecule has 0 saturated carbocycles. The van der Waals surface area contributed by atoms with E-state index in [0.29, 0.717) is 12.1 Å². The Morgan fingerprint density at radius 1 is 0.786 bits per heavy atom. The van der Waals surface area contributed by atoms with Crippen LogP contribution in [0.4, 0.5) is 32.0 Å². The zero-order chi connectivity index (χ0) is 20.5. The Bertz CT molecular complexity index is 941. The van der Waals surface area contributed by atoms with Crippen LogP contribution in [0.2, 0.25) is 0 Å². The van der Waals surface area contributed by atoms with Gasteiger partial charge < -0.3 is 9.88 Å². The van der Waals surface area contributed by atoms with E-state index in [1.54, 1.807) is 41.2 Å². The fourth-order valence-corrected chi connectivity index (χ4v) is 2.52. The van der Waals surface area contributed by atoms with E-state index in [1.807, 2.05) is 0 Å². The van der Waals surface area contributed by atoms with Crippen molar-refractivity contribution >= 4 is 11.6 Å². The SMILES string of the molecule is O=C(Nc1cc(C(F)(F)F)cc(C(F)(F)F)c1)c1ccc(-n2cccc2)cc1. The van der Waals surface area contributed by atoms with E-state index < -0.39 is 35.1 Å². The highest BCUT2D eigenvalue weighted by molar-refractivity contribution is 6.04. The van der Waals surface area contributed by atoms with Gasteiger partial charge in [0.05, 0.1) is 11.1 Å². The van der Waals surface area contributed by atoms with Gasteiger partial charge in [0.2, 0.25) is 0 Å². The van der Waals surface area contributed by atoms with Gasteiger partial charge in [0.1, 0.15) is 0 Å². The number of hydrogen-bond acceptors (Lipinski definition) is 1. The smallest absolute Gasteiger partial charge is 0.324 e. The summed E-state index contributed by atoms with van der Waals surface area (Å²) in [4.78, 5) is 12.3. The largest absolute Gasteiger partial charge is 0.416 e. The van der Waals surface area contributed by atoms with E-state index in [9.17, 15) is 31.1 Å². The molecule has 1 aromatic heterocycles. The summed E-state index contributed by atoms with van der Waals surface area (Å²) < 4.78 is 79.1. The van der Waals surface area contributed by atoms with Crippen LogP contribution < -0.4 is 5.32 Å². The number of anilines is 1. The first-order valence-electron chi connectivity index (χ1n) is 7.88. The van der Waals surface area contributed by atoms with Crippen LogP contribution in [0, 0.1) is 0 Å². The second-order valence-electron chi connectivity index (χ2n) is 5.89. The number of nitrogens with zero attached hydrogens (tertiary/aromatic N) is 1. The predicted octanol–water partition coefficient (Wildman–Crippen LogP) is 5.77. The molecule has 3 rings (SSSR count). The molecule has 1 heterocycles. The van der Waals surface area contributed by atoms with Crippen LogP contribution >= 0.6 is 0 Å². The molecule has 146 valence electrons. The second kappa shape index (κ2) is 7.06. The van der Waals surface area contributed by atoms with Crippen molar-refractivity contribution in [3.63, 3.8) is 0 Å². The third-order valence-corrected chi connectivity index (χ3v) is 3.88. The fraction of sp³-hybridized carbons (Fsp3) is 0.105. The number of halogens is 6. The van der Waals surface area contributed by atoms with Gasteiger partial charge in [0.15, 0.2) is 0 Å². The molecule has 3 aromatic rings. The Kier molecular flexibility index (Phi) is 4.93. The molecule has 0 spiro atoms. The molecule has 3 nitrogen and oxygen atoms in total. The molecule has 0 unspecified atom stereocenters. The summed E-state index contributed by atoms with van der Waals surface area (Å²) in [6.07, 6.45) is -6.43. The molecule has 0 aliphatic carbocycles. The second-order valence-corrected chi connectivity index (χ2v) is 5.89. The van der Waals surface area contributed by atoms with Crippen LogP contribution in [0.1, 0.15) is 21.5 Å². The summed E-state index contributed by atoms with van der Waals surface area (Å²) in [5.41, 5.74) is -2.77. The average Bonchev–Trinajstić information content (AvgIpc) is 3.15. The third kappa shape index (κ3) is 4.36. The van der Waals surface area contributed by atoms with Crippen LogP contribution in [0.3, 0.4) is 0 Å². The summed E-state index contributed by atoms with van der Waals surface area (Å²) in [6, 6.07) is 10.6. The van der Waals surface area contributed by atoms with Gasteiger partial charge in [-0.3, -0.25) is 4.79 Å². The normalized spacial score (nSPS) is 12.1. The molecular weight excluding hydrogens is 386 g/mol. The number of carbonyl (C=O) groups excluding carboxylic acids is 1. The lowest BCUT2D eigenvalue weighted by Crippen LogP contribution is -2.16. The summed E-state index contributed by atoms with van der Waals surface area (Å²) in [5, 5.41) is 2.09. The van der Waals surface area contributed by atoms with Gasteiger partial charge in [-0.05, 0) is 54.6 Å². The van der Waals surface area contributed by atoms with Gasteiger partial charge in [-0.15, -0.1) is 0 Å². The maximum atomic E-state index is 12.9. The maximum Gasteiger partial charge on any atom is 0.416 e. The fourth-order valence-electron chi connectivity index (χ4n) is 2.52. The van der Waals surface area contributed by atoms with Crippen molar-refractivity contribution < 1.29 is 31.1 Å². The Morgan fingerprint density at radius 3 is 1.75 bits per heavy atom. The maximum absolute atomic E-state index is 12.9. The summed E-state index contributed by atoms with van der Waals surface area (Å²) in [7, 11) is 0. The molecule has 0 saturated heterocycles. The van der Waals surface area contributed by atoms with Crippen LogP contribution in [0.5, 0.6) is 0 Å². The van der Waals surface area contributed by atoms with Gasteiger partial charge in [0.25, 0.3) is 5.91 Å². The van der Waals surface area contributed by atoms with Gasteiger partial charge in [-0.2, -0.15) is 26.3 Å². The highest BCUT2D eigenvalue weighted by Gasteiger charge is 2.37. The number of hydrogen-bond donors (Lipinski definition) is 1. The minimum absolute atomic E-state index is 0.00152. The number of carbonyl (C=O) groups is 1. The molecule has 0 bridgehead atoms. The zero-order valence-electron chi connectivity index (χ0n) is 14.0. The highest BCUT2D eigenvalue weighted by atomic mass is 19.4. The predicted molar refractivity (Wildman–Crippen MR) is 90.2 cm³/mol. The minimum Gasteiger partial charge on any atom is -0.324 e. The first-order chi connectivity index (χ1) is 13.0. The van der Waals surface area contributed by atoms with Crippen molar-refractivity contribution in [3.05, 3.63) is 83.7 Å². The van der Waals surface area contributed by atoms with Crippen LogP contribution in [-0.4, -0.2) is 10.5 Å². The summed E-state index contributed by atoms with van der Waals surface area (Å²) >= 11 is 0. The van der Waals surface area contributed by atoms with Gasteiger partial charge in [0, 0.05) is 29.3 Å². The van der Waals surface area contributed by atoms with Gasteiger partial charge in [-0.25, -0.2) is 0 Å². The standard InChI is InChI=1S/C19H12F6N2O/c20-18(21,22)13-9-14(19(23,24)25)11-15(10-13)26-17(28)12-3-5-16(6-4-12)27-7-1-2-8-27/h1-11H,(H,26,28). The number of benzene rings is 2. The molecule has 28 heavy (non-hydrogen) atoms. The van der Waals surface area contributed by atoms with Crippen molar-refractivity contribution in [2.45, 2.75) is 12.4 Å². The van der Waals surface area contributed by atoms with Crippen molar-refractivity contribution in [2.24, 2.45) is 0 Å². The number of alkyl halides is 6. The lowest BCUT2D eigenvalue weighted by atomic mass is 10.1. The highest BCUT2D eigenvalue weighted by Crippen LogP contribution is 2.37. The molecule has 1 amide bonds. The third-order valence-electron chi connectivity index (χ3n) is 3.88. The number of rotatable bonds is 3. The van der Waals surface area contributed by atoms with Crippen LogP contribution in [0.25, 0.3) is 5.69 Å². The molecular formula is C19H12F6N2O. The lowest BCUT2D eigenvalue weighted by Gasteiger charge is -2.15. The molecule has 1 N–H and O–H groups in total. The van der Waals surface area contributed by atoms with Crippen LogP contribution in [-0.2, 0) is 12.4 Å². The van der Waals surface area contributed by atoms with E-state index in [-0.39, 0.29) is 11.6 Å². The molecule has 2 aromatic carbocycles. The topological polar surface area (TPSA) is 34.0 Å². The van der Waals surface area contributed by atoms with E-state index in [1.165, 1.54) is 12.1 Å². The number of nitrogens with one attached hydrogen (secondary N) is 1. The first-order valence-corrected chi connectivity index (χ1v) is 7.88. The Balaban J connectivity index is 1.87. The average molecular weight is 398 g/mol. The van der Waals surface area contributed by atoms with Gasteiger partial charge >= 0.3 is 12.4 Å². The van der Waals surface area contributed by atoms with Crippen molar-refractivity contribution in [3.8, 4) is 5.69 Å². The first kappa shape index (κ1) is 19.5. The van der Waals surface area contributed by atoms with Crippen molar-refractivity contribution in [1.29, 1.82) is 0 Å². The molecule has 0 fully saturated rings. The van der Waals surface area contributed by atoms with Crippen molar-refractivity contribution in [1.82, 2.24) is 4.57 Å². The van der Waals surface area contributed by atoms with Crippen molar-refractivity contribution in [2.75, 3.05) is 5.32 Å². The quantitative estimate of drug-likeness (QED) is 0.559. The number of aromatic nitrogens is 1. The molecule has 0 aliphatic rings. The van der Waals surface area contributed by atoms with E-state index in [0.717, 1.165) is 5.69 Å². The number of amides is 1. The van der Waals surface area contributed by atoms with Crippen LogP contribution in [0.15, 0.2) is 67.0 Å². The minimum atomic E-state index is -4.99. The lowest BCUT2D eigenvalue weighted by molar-refractivity contribution is -0.143. The zero-order valence-corrected chi connectivity index (χ0v) is 14.0.